The van der Waals surface area contributed by atoms with Crippen LogP contribution in [0.4, 0.5) is 0 Å². The average molecular weight is 172 g/mol. The normalized spacial score (nSPS) is 11.8. The summed E-state index contributed by atoms with van der Waals surface area (Å²) in [7, 11) is 0. The van der Waals surface area contributed by atoms with Crippen LogP contribution in [-0.4, -0.2) is 29.6 Å². The van der Waals surface area contributed by atoms with Gasteiger partial charge in [0.05, 0.1) is 0 Å². The zero-order valence-electron chi connectivity index (χ0n) is 7.20. The molecule has 0 aliphatic carbocycles. The van der Waals surface area contributed by atoms with Crippen molar-refractivity contribution in [1.82, 2.24) is 0 Å². The first kappa shape index (κ1) is 13.2. The Morgan fingerprint density at radius 1 is 1.09 bits per heavy atom. The molecule has 0 aliphatic heterocycles. The first-order valence-electron chi connectivity index (χ1n) is 3.68. The summed E-state index contributed by atoms with van der Waals surface area (Å²) < 4.78 is 0. The van der Waals surface area contributed by atoms with Crippen LogP contribution in [0, 0.1) is 5.92 Å². The molecule has 0 saturated heterocycles. The largest absolute Gasteiger partial charge is 0.271 e. The molecule has 0 atom stereocenters. The van der Waals surface area contributed by atoms with E-state index in [2.05, 4.69) is 23.8 Å². The van der Waals surface area contributed by atoms with Crippen LogP contribution < -0.4 is 0 Å². The van der Waals surface area contributed by atoms with E-state index < -0.39 is 0 Å². The van der Waals surface area contributed by atoms with Crippen LogP contribution in [0.3, 0.4) is 0 Å². The van der Waals surface area contributed by atoms with Gasteiger partial charge in [0.15, 0.2) is 0 Å². The summed E-state index contributed by atoms with van der Waals surface area (Å²) in [5, 5.41) is 0. The second kappa shape index (κ2) is 7.66. The SMILES string of the molecule is CC(C)C=NC=NC(C)C.[SiH4]. The number of hydrogen-bond acceptors (Lipinski definition) is 1. The Morgan fingerprint density at radius 2 is 1.64 bits per heavy atom. The summed E-state index contributed by atoms with van der Waals surface area (Å²) in [6.45, 7) is 8.24. The smallest absolute Gasteiger partial charge is 0.109 e. The van der Waals surface area contributed by atoms with Crippen molar-refractivity contribution in [3.63, 3.8) is 0 Å². The van der Waals surface area contributed by atoms with Gasteiger partial charge in [-0.2, -0.15) is 0 Å². The molecule has 0 aromatic heterocycles. The molecule has 0 N–H and O–H groups in total. The Morgan fingerprint density at radius 3 is 2.00 bits per heavy atom. The first-order valence-corrected chi connectivity index (χ1v) is 3.68. The fraction of sp³-hybridized carbons (Fsp3) is 0.750. The van der Waals surface area contributed by atoms with Gasteiger partial charge in [-0.15, -0.1) is 0 Å². The molecule has 0 bridgehead atoms. The first-order chi connectivity index (χ1) is 4.63. The van der Waals surface area contributed by atoms with E-state index in [-0.39, 0.29) is 11.0 Å². The summed E-state index contributed by atoms with van der Waals surface area (Å²) in [5.41, 5.74) is 0. The molecular weight excluding hydrogens is 152 g/mol. The summed E-state index contributed by atoms with van der Waals surface area (Å²) in [6.07, 6.45) is 3.50. The lowest BCUT2D eigenvalue weighted by atomic mass is 10.3. The van der Waals surface area contributed by atoms with Crippen molar-refractivity contribution in [2.75, 3.05) is 0 Å². The monoisotopic (exact) mass is 172 g/mol. The minimum absolute atomic E-state index is 0. The Bertz CT molecular complexity index is 112. The maximum atomic E-state index is 4.07. The number of nitrogens with zero attached hydrogens (tertiary/aromatic N) is 2. The van der Waals surface area contributed by atoms with Gasteiger partial charge in [-0.25, -0.2) is 4.99 Å². The number of hydrogen-bond donors (Lipinski definition) is 0. The minimum atomic E-state index is 0. The molecular formula is C8H20N2Si. The van der Waals surface area contributed by atoms with Crippen molar-refractivity contribution in [2.24, 2.45) is 15.9 Å². The molecule has 0 aliphatic rings. The van der Waals surface area contributed by atoms with Crippen molar-refractivity contribution >= 4 is 23.5 Å². The third kappa shape index (κ3) is 12.7. The van der Waals surface area contributed by atoms with Gasteiger partial charge < -0.3 is 0 Å². The summed E-state index contributed by atoms with van der Waals surface area (Å²) >= 11 is 0. The molecule has 0 amide bonds. The van der Waals surface area contributed by atoms with E-state index in [1.54, 1.807) is 6.34 Å². The van der Waals surface area contributed by atoms with Crippen molar-refractivity contribution in [3.8, 4) is 0 Å². The molecule has 66 valence electrons. The lowest BCUT2D eigenvalue weighted by molar-refractivity contribution is 0.838. The van der Waals surface area contributed by atoms with Crippen LogP contribution in [0.5, 0.6) is 0 Å². The van der Waals surface area contributed by atoms with Crippen molar-refractivity contribution < 1.29 is 0 Å². The number of aliphatic imine (C=N–C) groups is 2. The molecule has 0 radical (unpaired) electrons. The van der Waals surface area contributed by atoms with Gasteiger partial charge in [-0.1, -0.05) is 13.8 Å². The highest BCUT2D eigenvalue weighted by atomic mass is 28.1. The predicted octanol–water partition coefficient (Wildman–Crippen LogP) is 0.698. The second-order valence-electron chi connectivity index (χ2n) is 2.90. The quantitative estimate of drug-likeness (QED) is 0.340. The van der Waals surface area contributed by atoms with Crippen LogP contribution in [0.25, 0.3) is 0 Å². The van der Waals surface area contributed by atoms with Crippen molar-refractivity contribution in [2.45, 2.75) is 33.7 Å². The molecule has 11 heavy (non-hydrogen) atoms. The average Bonchev–Trinajstić information content (AvgIpc) is 1.79. The van der Waals surface area contributed by atoms with Crippen LogP contribution >= 0.6 is 0 Å². The van der Waals surface area contributed by atoms with Crippen LogP contribution in [0.2, 0.25) is 0 Å². The van der Waals surface area contributed by atoms with Gasteiger partial charge in [0, 0.05) is 12.3 Å². The zero-order valence-corrected chi connectivity index (χ0v) is 7.20. The summed E-state index contributed by atoms with van der Waals surface area (Å²) in [5.74, 6) is 0.513. The Hall–Kier alpha value is -0.443. The van der Waals surface area contributed by atoms with Gasteiger partial charge in [0.25, 0.3) is 0 Å². The van der Waals surface area contributed by atoms with E-state index >= 15 is 0 Å². The highest BCUT2D eigenvalue weighted by molar-refractivity contribution is 5.75. The molecule has 0 saturated carbocycles. The highest BCUT2D eigenvalue weighted by Crippen LogP contribution is 1.85. The summed E-state index contributed by atoms with van der Waals surface area (Å²) in [6, 6.07) is 0.351. The van der Waals surface area contributed by atoms with Gasteiger partial charge in [0.2, 0.25) is 0 Å². The molecule has 3 heteroatoms. The topological polar surface area (TPSA) is 24.7 Å². The van der Waals surface area contributed by atoms with E-state index in [1.165, 1.54) is 0 Å². The van der Waals surface area contributed by atoms with Crippen molar-refractivity contribution in [1.29, 1.82) is 0 Å². The molecule has 0 spiro atoms. The third-order valence-electron chi connectivity index (χ3n) is 0.816. The fourth-order valence-electron chi connectivity index (χ4n) is 0.382. The Balaban J connectivity index is 0. The molecule has 2 nitrogen and oxygen atoms in total. The fourth-order valence-corrected chi connectivity index (χ4v) is 0.382. The van der Waals surface area contributed by atoms with Gasteiger partial charge in [0.1, 0.15) is 6.34 Å². The molecule has 0 rings (SSSR count). The van der Waals surface area contributed by atoms with Crippen LogP contribution in [0.15, 0.2) is 9.98 Å². The van der Waals surface area contributed by atoms with E-state index in [1.807, 2.05) is 20.1 Å². The van der Waals surface area contributed by atoms with Gasteiger partial charge in [-0.05, 0) is 30.7 Å². The molecule has 0 aromatic carbocycles. The second-order valence-corrected chi connectivity index (χ2v) is 2.90. The van der Waals surface area contributed by atoms with E-state index in [0.29, 0.717) is 12.0 Å². The molecule has 0 aromatic rings. The molecule has 0 heterocycles. The van der Waals surface area contributed by atoms with E-state index in [0.717, 1.165) is 0 Å². The third-order valence-corrected chi connectivity index (χ3v) is 0.816. The highest BCUT2D eigenvalue weighted by Gasteiger charge is 1.82. The maximum absolute atomic E-state index is 4.07. The Kier molecular flexibility index (Phi) is 9.17. The van der Waals surface area contributed by atoms with E-state index in [9.17, 15) is 0 Å². The van der Waals surface area contributed by atoms with E-state index in [4.69, 9.17) is 0 Å². The molecule has 0 fully saturated rings. The zero-order chi connectivity index (χ0) is 7.98. The lowest BCUT2D eigenvalue weighted by Gasteiger charge is -1.91. The minimum Gasteiger partial charge on any atom is -0.271 e. The maximum Gasteiger partial charge on any atom is 0.109 e. The number of rotatable bonds is 3. The van der Waals surface area contributed by atoms with Crippen molar-refractivity contribution in [3.05, 3.63) is 0 Å². The van der Waals surface area contributed by atoms with Crippen LogP contribution in [-0.2, 0) is 0 Å². The lowest BCUT2D eigenvalue weighted by Crippen LogP contribution is -1.90. The standard InChI is InChI=1S/C8H16N2.H4Si/c1-7(2)5-9-6-10-8(3)4;/h5-8H,1-4H3;1H4. The summed E-state index contributed by atoms with van der Waals surface area (Å²) in [4.78, 5) is 8.07. The van der Waals surface area contributed by atoms with Gasteiger partial charge >= 0.3 is 0 Å². The Labute approximate surface area is 73.9 Å². The van der Waals surface area contributed by atoms with Gasteiger partial charge in [-0.3, -0.25) is 4.99 Å². The molecule has 0 unspecified atom stereocenters. The predicted molar refractivity (Wildman–Crippen MR) is 58.3 cm³/mol. The van der Waals surface area contributed by atoms with Crippen LogP contribution in [0.1, 0.15) is 27.7 Å².